The Balaban J connectivity index is 2.23. The molecule has 0 aliphatic rings. The molecular weight excluding hydrogens is 254 g/mol. The minimum Gasteiger partial charge on any atom is -0.311 e. The van der Waals surface area contributed by atoms with Crippen molar-refractivity contribution in [2.24, 2.45) is 0 Å². The van der Waals surface area contributed by atoms with Gasteiger partial charge < -0.3 is 9.72 Å². The molecule has 1 N–H and O–H groups in total. The molecule has 0 spiro atoms. The first-order chi connectivity index (χ1) is 7.31. The van der Waals surface area contributed by atoms with Crippen LogP contribution in [0.3, 0.4) is 0 Å². The molecule has 0 saturated heterocycles. The van der Waals surface area contributed by atoms with E-state index < -0.39 is 0 Å². The molecule has 2 aromatic rings. The van der Waals surface area contributed by atoms with Crippen LogP contribution in [0.4, 0.5) is 0 Å². The third-order valence-corrected chi connectivity index (χ3v) is 2.75. The number of halogens is 1. The lowest BCUT2D eigenvalue weighted by atomic mass is 10.4. The van der Waals surface area contributed by atoms with Gasteiger partial charge in [0.25, 0.3) is 0 Å². The van der Waals surface area contributed by atoms with Crippen molar-refractivity contribution >= 4 is 21.6 Å². The van der Waals surface area contributed by atoms with Gasteiger partial charge in [-0.2, -0.15) is 0 Å². The Morgan fingerprint density at radius 2 is 2.33 bits per heavy atom. The standard InChI is InChI=1S/C11H14BrN3/c1-2-5-13-6-10-7-14-11-4-3-9(12)8-15(10)11/h3-4,7-8,13H,2,5-6H2,1H3. The average Bonchev–Trinajstić information content (AvgIpc) is 2.62. The number of rotatable bonds is 4. The van der Waals surface area contributed by atoms with E-state index in [1.165, 1.54) is 5.69 Å². The number of nitrogens with zero attached hydrogens (tertiary/aromatic N) is 2. The summed E-state index contributed by atoms with van der Waals surface area (Å²) < 4.78 is 3.18. The zero-order chi connectivity index (χ0) is 10.7. The number of aromatic nitrogens is 2. The number of fused-ring (bicyclic) bond motifs is 1. The van der Waals surface area contributed by atoms with Crippen LogP contribution in [0.15, 0.2) is 29.0 Å². The highest BCUT2D eigenvalue weighted by molar-refractivity contribution is 9.10. The summed E-state index contributed by atoms with van der Waals surface area (Å²) >= 11 is 3.46. The van der Waals surface area contributed by atoms with E-state index in [4.69, 9.17) is 0 Å². The van der Waals surface area contributed by atoms with Crippen LogP contribution in [0, 0.1) is 0 Å². The van der Waals surface area contributed by atoms with Crippen molar-refractivity contribution in [3.8, 4) is 0 Å². The molecule has 80 valence electrons. The SMILES string of the molecule is CCCNCc1cnc2ccc(Br)cn12. The molecule has 0 bridgehead atoms. The highest BCUT2D eigenvalue weighted by atomic mass is 79.9. The van der Waals surface area contributed by atoms with Crippen LogP contribution < -0.4 is 5.32 Å². The molecule has 0 aliphatic carbocycles. The quantitative estimate of drug-likeness (QED) is 0.864. The number of pyridine rings is 1. The van der Waals surface area contributed by atoms with Crippen LogP contribution in [0.2, 0.25) is 0 Å². The Hall–Kier alpha value is -0.870. The number of nitrogens with one attached hydrogen (secondary N) is 1. The summed E-state index contributed by atoms with van der Waals surface area (Å²) in [5, 5.41) is 3.37. The van der Waals surface area contributed by atoms with E-state index >= 15 is 0 Å². The van der Waals surface area contributed by atoms with E-state index in [1.807, 2.05) is 24.5 Å². The zero-order valence-corrected chi connectivity index (χ0v) is 10.3. The van der Waals surface area contributed by atoms with Crippen LogP contribution in [-0.4, -0.2) is 15.9 Å². The van der Waals surface area contributed by atoms with Crippen molar-refractivity contribution in [1.29, 1.82) is 0 Å². The molecule has 3 nitrogen and oxygen atoms in total. The van der Waals surface area contributed by atoms with Crippen LogP contribution in [0.1, 0.15) is 19.0 Å². The van der Waals surface area contributed by atoms with Crippen molar-refractivity contribution in [3.05, 3.63) is 34.7 Å². The number of hydrogen-bond acceptors (Lipinski definition) is 2. The van der Waals surface area contributed by atoms with Crippen molar-refractivity contribution in [3.63, 3.8) is 0 Å². The summed E-state index contributed by atoms with van der Waals surface area (Å²) in [5.74, 6) is 0. The molecule has 2 aromatic heterocycles. The smallest absolute Gasteiger partial charge is 0.136 e. The predicted octanol–water partition coefficient (Wildman–Crippen LogP) is 2.60. The monoisotopic (exact) mass is 267 g/mol. The molecule has 0 atom stereocenters. The molecular formula is C11H14BrN3. The second-order valence-corrected chi connectivity index (χ2v) is 4.42. The molecule has 0 unspecified atom stereocenters. The average molecular weight is 268 g/mol. The molecule has 0 aliphatic heterocycles. The fourth-order valence-corrected chi connectivity index (χ4v) is 1.87. The minimum atomic E-state index is 0.867. The highest BCUT2D eigenvalue weighted by Gasteiger charge is 2.02. The molecule has 0 radical (unpaired) electrons. The molecule has 15 heavy (non-hydrogen) atoms. The molecule has 2 rings (SSSR count). The zero-order valence-electron chi connectivity index (χ0n) is 8.70. The molecule has 4 heteroatoms. The van der Waals surface area contributed by atoms with E-state index in [9.17, 15) is 0 Å². The van der Waals surface area contributed by atoms with Gasteiger partial charge in [-0.15, -0.1) is 0 Å². The molecule has 0 saturated carbocycles. The van der Waals surface area contributed by atoms with Gasteiger partial charge in [-0.1, -0.05) is 6.92 Å². The Morgan fingerprint density at radius 3 is 3.13 bits per heavy atom. The first-order valence-corrected chi connectivity index (χ1v) is 5.92. The van der Waals surface area contributed by atoms with Gasteiger partial charge in [-0.25, -0.2) is 4.98 Å². The van der Waals surface area contributed by atoms with E-state index in [2.05, 4.69) is 37.6 Å². The normalized spacial score (nSPS) is 11.1. The maximum atomic E-state index is 4.34. The minimum absolute atomic E-state index is 0.867. The summed E-state index contributed by atoms with van der Waals surface area (Å²) in [6.45, 7) is 4.07. The number of hydrogen-bond donors (Lipinski definition) is 1. The van der Waals surface area contributed by atoms with Crippen LogP contribution in [0.25, 0.3) is 5.65 Å². The lowest BCUT2D eigenvalue weighted by Crippen LogP contribution is -2.15. The van der Waals surface area contributed by atoms with E-state index in [-0.39, 0.29) is 0 Å². The maximum Gasteiger partial charge on any atom is 0.136 e. The first-order valence-electron chi connectivity index (χ1n) is 5.13. The molecule has 2 heterocycles. The fraction of sp³-hybridized carbons (Fsp3) is 0.364. The van der Waals surface area contributed by atoms with Gasteiger partial charge in [0.05, 0.1) is 11.9 Å². The van der Waals surface area contributed by atoms with E-state index in [1.54, 1.807) is 0 Å². The van der Waals surface area contributed by atoms with Gasteiger partial charge in [-0.3, -0.25) is 0 Å². The summed E-state index contributed by atoms with van der Waals surface area (Å²) in [4.78, 5) is 4.34. The Bertz CT molecular complexity index is 450. The first kappa shape index (κ1) is 10.6. The second-order valence-electron chi connectivity index (χ2n) is 3.50. The second kappa shape index (κ2) is 4.77. The lowest BCUT2D eigenvalue weighted by molar-refractivity contribution is 0.661. The number of imidazole rings is 1. The van der Waals surface area contributed by atoms with Crippen LogP contribution >= 0.6 is 15.9 Å². The van der Waals surface area contributed by atoms with E-state index in [0.717, 1.165) is 29.6 Å². The largest absolute Gasteiger partial charge is 0.311 e. The van der Waals surface area contributed by atoms with Crippen molar-refractivity contribution in [1.82, 2.24) is 14.7 Å². The van der Waals surface area contributed by atoms with Crippen molar-refractivity contribution in [2.45, 2.75) is 19.9 Å². The summed E-state index contributed by atoms with van der Waals surface area (Å²) in [5.41, 5.74) is 2.19. The predicted molar refractivity (Wildman–Crippen MR) is 64.9 cm³/mol. The van der Waals surface area contributed by atoms with Crippen LogP contribution in [-0.2, 0) is 6.54 Å². The van der Waals surface area contributed by atoms with E-state index in [0.29, 0.717) is 0 Å². The summed E-state index contributed by atoms with van der Waals surface area (Å²) in [6, 6.07) is 4.01. The Labute approximate surface area is 97.6 Å². The topological polar surface area (TPSA) is 29.3 Å². The van der Waals surface area contributed by atoms with Gasteiger partial charge in [0.2, 0.25) is 0 Å². The highest BCUT2D eigenvalue weighted by Crippen LogP contribution is 2.13. The lowest BCUT2D eigenvalue weighted by Gasteiger charge is -2.03. The van der Waals surface area contributed by atoms with Gasteiger partial charge in [-0.05, 0) is 41.0 Å². The molecule has 0 amide bonds. The third-order valence-electron chi connectivity index (χ3n) is 2.28. The maximum absolute atomic E-state index is 4.34. The third kappa shape index (κ3) is 2.38. The summed E-state index contributed by atoms with van der Waals surface area (Å²) in [7, 11) is 0. The Kier molecular flexibility index (Phi) is 3.38. The molecule has 0 aromatic carbocycles. The van der Waals surface area contributed by atoms with Gasteiger partial charge in [0.1, 0.15) is 5.65 Å². The van der Waals surface area contributed by atoms with Crippen molar-refractivity contribution < 1.29 is 0 Å². The summed E-state index contributed by atoms with van der Waals surface area (Å²) in [6.07, 6.45) is 5.12. The van der Waals surface area contributed by atoms with Gasteiger partial charge in [0.15, 0.2) is 0 Å². The van der Waals surface area contributed by atoms with Crippen molar-refractivity contribution in [2.75, 3.05) is 6.54 Å². The van der Waals surface area contributed by atoms with Crippen LogP contribution in [0.5, 0.6) is 0 Å². The Morgan fingerprint density at radius 1 is 1.47 bits per heavy atom. The fourth-order valence-electron chi connectivity index (χ4n) is 1.53. The van der Waals surface area contributed by atoms with Gasteiger partial charge in [0, 0.05) is 17.2 Å². The van der Waals surface area contributed by atoms with Gasteiger partial charge >= 0.3 is 0 Å². The molecule has 0 fully saturated rings.